The first kappa shape index (κ1) is 22.5. The van der Waals surface area contributed by atoms with Crippen molar-refractivity contribution in [2.75, 3.05) is 7.11 Å². The lowest BCUT2D eigenvalue weighted by Gasteiger charge is -2.12. The summed E-state index contributed by atoms with van der Waals surface area (Å²) in [7, 11) is 1.34. The van der Waals surface area contributed by atoms with Crippen LogP contribution in [0.3, 0.4) is 0 Å². The Kier molecular flexibility index (Phi) is 6.20. The number of ether oxygens (including phenoxy) is 1. The van der Waals surface area contributed by atoms with Crippen LogP contribution in [-0.2, 0) is 16.1 Å². The molecule has 0 atom stereocenters. The summed E-state index contributed by atoms with van der Waals surface area (Å²) in [6.07, 6.45) is 1.71. The minimum atomic E-state index is -0.422. The van der Waals surface area contributed by atoms with Gasteiger partial charge in [0.15, 0.2) is 0 Å². The third-order valence-corrected chi connectivity index (χ3v) is 6.32. The fraction of sp³-hybridized carbons (Fsp3) is 0.160. The zero-order chi connectivity index (χ0) is 23.7. The van der Waals surface area contributed by atoms with Gasteiger partial charge in [-0.05, 0) is 79.2 Å². The Morgan fingerprint density at radius 2 is 1.82 bits per heavy atom. The number of carbonyl (C=O) groups excluding carboxylic acids is 3. The number of hydrogen-bond acceptors (Lipinski definition) is 5. The largest absolute Gasteiger partial charge is 0.465 e. The molecule has 1 fully saturated rings. The van der Waals surface area contributed by atoms with Gasteiger partial charge in [0.2, 0.25) is 0 Å². The maximum absolute atomic E-state index is 13.1. The molecule has 1 aliphatic rings. The average Bonchev–Trinajstić information content (AvgIpc) is 3.23. The molecule has 0 saturated carbocycles. The first-order chi connectivity index (χ1) is 15.8. The lowest BCUT2D eigenvalue weighted by molar-refractivity contribution is -0.123. The molecule has 33 heavy (non-hydrogen) atoms. The normalized spacial score (nSPS) is 14.9. The summed E-state index contributed by atoms with van der Waals surface area (Å²) in [6.45, 7) is 3.92. The van der Waals surface area contributed by atoms with Crippen LogP contribution in [0.1, 0.15) is 32.9 Å². The minimum absolute atomic E-state index is 0.0849. The molecule has 8 heteroatoms. The number of amides is 2. The summed E-state index contributed by atoms with van der Waals surface area (Å²) < 4.78 is 19.9. The smallest absolute Gasteiger partial charge is 0.337 e. The summed E-state index contributed by atoms with van der Waals surface area (Å²) in [6, 6.07) is 14.7. The van der Waals surface area contributed by atoms with E-state index in [-0.39, 0.29) is 23.5 Å². The fourth-order valence-electron chi connectivity index (χ4n) is 3.77. The highest BCUT2D eigenvalue weighted by Crippen LogP contribution is 2.34. The molecule has 168 valence electrons. The molecule has 3 aromatic rings. The van der Waals surface area contributed by atoms with E-state index in [0.717, 1.165) is 39.3 Å². The lowest BCUT2D eigenvalue weighted by Crippen LogP contribution is -2.27. The van der Waals surface area contributed by atoms with E-state index in [1.807, 2.05) is 30.5 Å². The number of benzene rings is 2. The minimum Gasteiger partial charge on any atom is -0.465 e. The van der Waals surface area contributed by atoms with Gasteiger partial charge >= 0.3 is 5.97 Å². The Balaban J connectivity index is 1.62. The molecule has 6 nitrogen and oxygen atoms in total. The van der Waals surface area contributed by atoms with Gasteiger partial charge in [-0.15, -0.1) is 0 Å². The van der Waals surface area contributed by atoms with Crippen LogP contribution < -0.4 is 0 Å². The Hall–Kier alpha value is -3.65. The molecule has 1 aliphatic heterocycles. The molecule has 1 saturated heterocycles. The van der Waals surface area contributed by atoms with Crippen molar-refractivity contribution in [1.29, 1.82) is 0 Å². The highest BCUT2D eigenvalue weighted by atomic mass is 32.2. The van der Waals surface area contributed by atoms with Crippen LogP contribution in [0.5, 0.6) is 0 Å². The molecule has 0 aliphatic carbocycles. The molecule has 0 spiro atoms. The van der Waals surface area contributed by atoms with Crippen molar-refractivity contribution in [2.45, 2.75) is 20.4 Å². The fourth-order valence-corrected chi connectivity index (χ4v) is 4.60. The van der Waals surface area contributed by atoms with Gasteiger partial charge in [-0.3, -0.25) is 14.5 Å². The molecule has 1 aromatic heterocycles. The number of imide groups is 1. The van der Waals surface area contributed by atoms with Crippen molar-refractivity contribution in [1.82, 2.24) is 9.47 Å². The van der Waals surface area contributed by atoms with E-state index in [0.29, 0.717) is 16.0 Å². The van der Waals surface area contributed by atoms with Crippen LogP contribution in [0.4, 0.5) is 9.18 Å². The number of aryl methyl sites for hydroxylation is 1. The van der Waals surface area contributed by atoms with Gasteiger partial charge in [0, 0.05) is 17.1 Å². The predicted molar refractivity (Wildman–Crippen MR) is 124 cm³/mol. The number of thioether (sulfide) groups is 1. The standard InChI is InChI=1S/C25H21FN2O4S/c1-15-11-19(16(2)28(15)21-6-4-5-18(12-21)24(30)32-3)13-22-23(29)27(25(31)33-22)14-17-7-9-20(26)10-8-17/h4-13H,14H2,1-3H3/b22-13-. The average molecular weight is 465 g/mol. The van der Waals surface area contributed by atoms with Crippen molar-refractivity contribution in [2.24, 2.45) is 0 Å². The molecular formula is C25H21FN2O4S. The molecule has 0 bridgehead atoms. The number of methoxy groups -OCH3 is 1. The van der Waals surface area contributed by atoms with Gasteiger partial charge in [-0.2, -0.15) is 0 Å². The number of aromatic nitrogens is 1. The molecule has 0 unspecified atom stereocenters. The van der Waals surface area contributed by atoms with Crippen LogP contribution in [-0.4, -0.2) is 33.7 Å². The lowest BCUT2D eigenvalue weighted by atomic mass is 10.2. The van der Waals surface area contributed by atoms with Crippen LogP contribution in [0, 0.1) is 19.7 Å². The van der Waals surface area contributed by atoms with Crippen molar-refractivity contribution < 1.29 is 23.5 Å². The van der Waals surface area contributed by atoms with E-state index >= 15 is 0 Å². The third kappa shape index (κ3) is 4.47. The Morgan fingerprint density at radius 3 is 2.52 bits per heavy atom. The highest BCUT2D eigenvalue weighted by Gasteiger charge is 2.35. The second-order valence-electron chi connectivity index (χ2n) is 7.60. The topological polar surface area (TPSA) is 68.6 Å². The SMILES string of the molecule is COC(=O)c1cccc(-n2c(C)cc(/C=C3\SC(=O)N(Cc4ccc(F)cc4)C3=O)c2C)c1. The van der Waals surface area contributed by atoms with Crippen LogP contribution in [0.15, 0.2) is 59.5 Å². The van der Waals surface area contributed by atoms with E-state index in [9.17, 15) is 18.8 Å². The van der Waals surface area contributed by atoms with E-state index in [4.69, 9.17) is 4.74 Å². The van der Waals surface area contributed by atoms with Crippen LogP contribution in [0.2, 0.25) is 0 Å². The maximum atomic E-state index is 13.1. The van der Waals surface area contributed by atoms with Gasteiger partial charge < -0.3 is 9.30 Å². The summed E-state index contributed by atoms with van der Waals surface area (Å²) in [5.41, 5.74) is 4.46. The van der Waals surface area contributed by atoms with Gasteiger partial charge in [0.05, 0.1) is 24.1 Å². The number of nitrogens with zero attached hydrogens (tertiary/aromatic N) is 2. The van der Waals surface area contributed by atoms with Crippen LogP contribution in [0.25, 0.3) is 11.8 Å². The first-order valence-electron chi connectivity index (χ1n) is 10.2. The van der Waals surface area contributed by atoms with Gasteiger partial charge in [-0.1, -0.05) is 18.2 Å². The van der Waals surface area contributed by atoms with Crippen molar-refractivity contribution in [3.63, 3.8) is 0 Å². The Labute approximate surface area is 194 Å². The molecule has 0 N–H and O–H groups in total. The molecular weight excluding hydrogens is 443 g/mol. The number of rotatable bonds is 5. The summed E-state index contributed by atoms with van der Waals surface area (Å²) in [5, 5.41) is -0.366. The van der Waals surface area contributed by atoms with Gasteiger partial charge in [0.1, 0.15) is 5.82 Å². The number of esters is 1. The summed E-state index contributed by atoms with van der Waals surface area (Å²) in [4.78, 5) is 38.8. The van der Waals surface area contributed by atoms with Crippen molar-refractivity contribution >= 4 is 35.0 Å². The monoisotopic (exact) mass is 464 g/mol. The zero-order valence-electron chi connectivity index (χ0n) is 18.3. The molecule has 2 aromatic carbocycles. The van der Waals surface area contributed by atoms with Crippen molar-refractivity contribution in [3.05, 3.63) is 93.4 Å². The number of carbonyl (C=O) groups is 3. The van der Waals surface area contributed by atoms with Crippen LogP contribution >= 0.6 is 11.8 Å². The van der Waals surface area contributed by atoms with E-state index in [2.05, 4.69) is 0 Å². The zero-order valence-corrected chi connectivity index (χ0v) is 19.1. The first-order valence-corrected chi connectivity index (χ1v) is 11.0. The number of halogens is 1. The Morgan fingerprint density at radius 1 is 1.09 bits per heavy atom. The summed E-state index contributed by atoms with van der Waals surface area (Å²) in [5.74, 6) is -1.18. The Bertz CT molecular complexity index is 1290. The third-order valence-electron chi connectivity index (χ3n) is 5.41. The van der Waals surface area contributed by atoms with Gasteiger partial charge in [-0.25, -0.2) is 9.18 Å². The molecule has 2 heterocycles. The van der Waals surface area contributed by atoms with E-state index in [1.165, 1.54) is 19.2 Å². The van der Waals surface area contributed by atoms with Crippen molar-refractivity contribution in [3.8, 4) is 5.69 Å². The number of hydrogen-bond donors (Lipinski definition) is 0. The summed E-state index contributed by atoms with van der Waals surface area (Å²) >= 11 is 0.882. The quantitative estimate of drug-likeness (QED) is 0.381. The van der Waals surface area contributed by atoms with E-state index < -0.39 is 5.97 Å². The maximum Gasteiger partial charge on any atom is 0.337 e. The van der Waals surface area contributed by atoms with Gasteiger partial charge in [0.25, 0.3) is 11.1 Å². The molecule has 2 amide bonds. The second-order valence-corrected chi connectivity index (χ2v) is 8.59. The van der Waals surface area contributed by atoms with E-state index in [1.54, 1.807) is 36.4 Å². The molecule has 0 radical (unpaired) electrons. The highest BCUT2D eigenvalue weighted by molar-refractivity contribution is 8.18. The second kappa shape index (κ2) is 9.07. The molecule has 4 rings (SSSR count). The predicted octanol–water partition coefficient (Wildman–Crippen LogP) is 5.26.